The molecule has 0 heterocycles. The molecule has 0 aliphatic carbocycles. The normalized spacial score (nSPS) is 11.4. The lowest BCUT2D eigenvalue weighted by Crippen LogP contribution is -2.02. The molecule has 132 valence electrons. The fraction of sp³-hybridized carbons (Fsp3) is 0.176. The zero-order valence-electron chi connectivity index (χ0n) is 13.7. The Bertz CT molecular complexity index is 905. The summed E-state index contributed by atoms with van der Waals surface area (Å²) in [7, 11) is -0.807. The zero-order chi connectivity index (χ0) is 18.4. The SMILES string of the molecule is COc1ccccc1/C=C/S(=O)(=O)Cc1ccc(OC)c([N+](=O)[O-])c1. The van der Waals surface area contributed by atoms with E-state index in [0.29, 0.717) is 16.9 Å². The Morgan fingerprint density at radius 1 is 1.08 bits per heavy atom. The molecule has 2 aromatic rings. The molecule has 2 rings (SSSR count). The van der Waals surface area contributed by atoms with Crippen LogP contribution in [0.15, 0.2) is 47.9 Å². The Balaban J connectivity index is 2.25. The van der Waals surface area contributed by atoms with Crippen LogP contribution in [0.1, 0.15) is 11.1 Å². The van der Waals surface area contributed by atoms with Crippen LogP contribution in [0.5, 0.6) is 11.5 Å². The van der Waals surface area contributed by atoms with Crippen LogP contribution < -0.4 is 9.47 Å². The maximum atomic E-state index is 12.3. The summed E-state index contributed by atoms with van der Waals surface area (Å²) in [5.41, 5.74) is 0.648. The van der Waals surface area contributed by atoms with Crippen LogP contribution in [0.3, 0.4) is 0 Å². The Kier molecular flexibility index (Phi) is 5.76. The summed E-state index contributed by atoms with van der Waals surface area (Å²) in [6, 6.07) is 11.1. The van der Waals surface area contributed by atoms with Gasteiger partial charge in [-0.3, -0.25) is 10.1 Å². The zero-order valence-corrected chi connectivity index (χ0v) is 14.5. The largest absolute Gasteiger partial charge is 0.496 e. The van der Waals surface area contributed by atoms with Gasteiger partial charge in [0.25, 0.3) is 0 Å². The van der Waals surface area contributed by atoms with E-state index in [1.54, 1.807) is 24.3 Å². The lowest BCUT2D eigenvalue weighted by Gasteiger charge is -2.05. The fourth-order valence-electron chi connectivity index (χ4n) is 2.23. The molecule has 0 aromatic heterocycles. The maximum absolute atomic E-state index is 12.3. The number of nitro benzene ring substituents is 1. The van der Waals surface area contributed by atoms with Crippen molar-refractivity contribution in [2.75, 3.05) is 14.2 Å². The minimum atomic E-state index is -3.62. The highest BCUT2D eigenvalue weighted by Gasteiger charge is 2.17. The first-order valence-electron chi connectivity index (χ1n) is 7.21. The molecular weight excluding hydrogens is 346 g/mol. The van der Waals surface area contributed by atoms with Gasteiger partial charge in [0.15, 0.2) is 15.6 Å². The van der Waals surface area contributed by atoms with Crippen LogP contribution in [0.25, 0.3) is 6.08 Å². The third kappa shape index (κ3) is 4.80. The number of rotatable bonds is 7. The van der Waals surface area contributed by atoms with Gasteiger partial charge in [-0.15, -0.1) is 0 Å². The minimum Gasteiger partial charge on any atom is -0.496 e. The van der Waals surface area contributed by atoms with Gasteiger partial charge in [0.2, 0.25) is 0 Å². The van der Waals surface area contributed by atoms with E-state index in [4.69, 9.17) is 9.47 Å². The number of sulfone groups is 1. The van der Waals surface area contributed by atoms with Gasteiger partial charge in [-0.2, -0.15) is 0 Å². The van der Waals surface area contributed by atoms with Gasteiger partial charge in [0.05, 0.1) is 24.9 Å². The van der Waals surface area contributed by atoms with Gasteiger partial charge in [0.1, 0.15) is 5.75 Å². The van der Waals surface area contributed by atoms with Crippen LogP contribution in [0.4, 0.5) is 5.69 Å². The van der Waals surface area contributed by atoms with Gasteiger partial charge in [-0.05, 0) is 23.8 Å². The molecule has 0 aliphatic heterocycles. The average Bonchev–Trinajstić information content (AvgIpc) is 2.59. The van der Waals surface area contributed by atoms with Gasteiger partial charge in [-0.25, -0.2) is 8.42 Å². The summed E-state index contributed by atoms with van der Waals surface area (Å²) in [5.74, 6) is 0.272. The van der Waals surface area contributed by atoms with Gasteiger partial charge < -0.3 is 9.47 Å². The molecule has 0 unspecified atom stereocenters. The monoisotopic (exact) mass is 363 g/mol. The first-order valence-corrected chi connectivity index (χ1v) is 8.93. The highest BCUT2D eigenvalue weighted by atomic mass is 32.2. The first kappa shape index (κ1) is 18.5. The van der Waals surface area contributed by atoms with E-state index >= 15 is 0 Å². The highest BCUT2D eigenvalue weighted by molar-refractivity contribution is 7.93. The van der Waals surface area contributed by atoms with Crippen molar-refractivity contribution >= 4 is 21.6 Å². The van der Waals surface area contributed by atoms with Gasteiger partial charge in [-0.1, -0.05) is 24.3 Å². The quantitative estimate of drug-likeness (QED) is 0.554. The van der Waals surface area contributed by atoms with Crippen LogP contribution >= 0.6 is 0 Å². The average molecular weight is 363 g/mol. The van der Waals surface area contributed by atoms with Crippen molar-refractivity contribution < 1.29 is 22.8 Å². The van der Waals surface area contributed by atoms with E-state index < -0.39 is 14.8 Å². The van der Waals surface area contributed by atoms with E-state index in [-0.39, 0.29) is 17.2 Å². The summed E-state index contributed by atoms with van der Waals surface area (Å²) < 4.78 is 34.6. The van der Waals surface area contributed by atoms with Crippen LogP contribution in [0, 0.1) is 10.1 Å². The topological polar surface area (TPSA) is 95.7 Å². The van der Waals surface area contributed by atoms with Crippen molar-refractivity contribution in [3.8, 4) is 11.5 Å². The second kappa shape index (κ2) is 7.80. The van der Waals surface area contributed by atoms with E-state index in [1.807, 2.05) is 0 Å². The molecule has 0 saturated carbocycles. The molecule has 0 spiro atoms. The summed E-state index contributed by atoms with van der Waals surface area (Å²) in [4.78, 5) is 10.4. The number of methoxy groups -OCH3 is 2. The van der Waals surface area contributed by atoms with E-state index in [1.165, 1.54) is 38.5 Å². The molecule has 0 fully saturated rings. The molecule has 0 bridgehead atoms. The number of hydrogen-bond acceptors (Lipinski definition) is 6. The summed E-state index contributed by atoms with van der Waals surface area (Å²) in [6.07, 6.45) is 1.44. The minimum absolute atomic E-state index is 0.0794. The molecule has 7 nitrogen and oxygen atoms in total. The van der Waals surface area contributed by atoms with Crippen molar-refractivity contribution in [3.05, 3.63) is 69.1 Å². The molecule has 0 radical (unpaired) electrons. The van der Waals surface area contributed by atoms with Crippen molar-refractivity contribution in [3.63, 3.8) is 0 Å². The molecule has 0 atom stereocenters. The van der Waals surface area contributed by atoms with Crippen LogP contribution in [-0.4, -0.2) is 27.6 Å². The van der Waals surface area contributed by atoms with Crippen molar-refractivity contribution in [1.29, 1.82) is 0 Å². The molecule has 25 heavy (non-hydrogen) atoms. The predicted molar refractivity (Wildman–Crippen MR) is 94.3 cm³/mol. The number of nitro groups is 1. The third-order valence-corrected chi connectivity index (χ3v) is 4.69. The number of ether oxygens (including phenoxy) is 2. The molecule has 2 aromatic carbocycles. The van der Waals surface area contributed by atoms with E-state index in [2.05, 4.69) is 0 Å². The second-order valence-electron chi connectivity index (χ2n) is 5.12. The molecule has 0 aliphatic rings. The highest BCUT2D eigenvalue weighted by Crippen LogP contribution is 2.28. The van der Waals surface area contributed by atoms with E-state index in [0.717, 1.165) is 5.41 Å². The van der Waals surface area contributed by atoms with Gasteiger partial charge in [0, 0.05) is 17.0 Å². The summed E-state index contributed by atoms with van der Waals surface area (Å²) in [5, 5.41) is 12.1. The number of para-hydroxylation sites is 1. The lowest BCUT2D eigenvalue weighted by molar-refractivity contribution is -0.385. The maximum Gasteiger partial charge on any atom is 0.311 e. The van der Waals surface area contributed by atoms with Crippen LogP contribution in [0.2, 0.25) is 0 Å². The number of hydrogen-bond donors (Lipinski definition) is 0. The molecule has 0 saturated heterocycles. The van der Waals surface area contributed by atoms with E-state index in [9.17, 15) is 18.5 Å². The second-order valence-corrected chi connectivity index (χ2v) is 7.00. The molecule has 8 heteroatoms. The van der Waals surface area contributed by atoms with Crippen molar-refractivity contribution in [2.45, 2.75) is 5.75 Å². The molecule has 0 amide bonds. The molecule has 0 N–H and O–H groups in total. The smallest absolute Gasteiger partial charge is 0.311 e. The van der Waals surface area contributed by atoms with Crippen molar-refractivity contribution in [1.82, 2.24) is 0 Å². The summed E-state index contributed by atoms with van der Waals surface area (Å²) >= 11 is 0. The van der Waals surface area contributed by atoms with Crippen molar-refractivity contribution in [2.24, 2.45) is 0 Å². The fourth-order valence-corrected chi connectivity index (χ4v) is 3.32. The third-order valence-electron chi connectivity index (χ3n) is 3.40. The van der Waals surface area contributed by atoms with Crippen LogP contribution in [-0.2, 0) is 15.6 Å². The Labute approximate surface area is 145 Å². The Hall–Kier alpha value is -2.87. The van der Waals surface area contributed by atoms with Gasteiger partial charge >= 0.3 is 5.69 Å². The Morgan fingerprint density at radius 2 is 1.76 bits per heavy atom. The molecular formula is C17H17NO6S. The number of benzene rings is 2. The Morgan fingerprint density at radius 3 is 2.40 bits per heavy atom. The number of nitrogens with zero attached hydrogens (tertiary/aromatic N) is 1. The predicted octanol–water partition coefficient (Wildman–Crippen LogP) is 3.20. The standard InChI is InChI=1S/C17H17NO6S/c1-23-16-6-4-3-5-14(16)9-10-25(21,22)12-13-7-8-17(24-2)15(11-13)18(19)20/h3-11H,12H2,1-2H3/b10-9+. The summed E-state index contributed by atoms with van der Waals surface area (Å²) in [6.45, 7) is 0. The first-order chi connectivity index (χ1) is 11.9. The lowest BCUT2D eigenvalue weighted by atomic mass is 10.2.